The molecule has 0 aliphatic heterocycles. The van der Waals surface area contributed by atoms with Crippen LogP contribution in [-0.4, -0.2) is 30.9 Å². The van der Waals surface area contributed by atoms with Crippen molar-refractivity contribution < 1.29 is 19.4 Å². The van der Waals surface area contributed by atoms with Crippen molar-refractivity contribution in [3.63, 3.8) is 0 Å². The number of aliphatic hydroxyl groups is 1. The molecule has 0 spiro atoms. The second-order valence-corrected chi connectivity index (χ2v) is 8.78. The van der Waals surface area contributed by atoms with Gasteiger partial charge in [-0.1, -0.05) is 53.7 Å². The smallest absolute Gasteiger partial charge is 0.310 e. The van der Waals surface area contributed by atoms with Gasteiger partial charge in [-0.15, -0.1) is 0 Å². The second kappa shape index (κ2) is 9.40. The van der Waals surface area contributed by atoms with Gasteiger partial charge in [0.05, 0.1) is 19.6 Å². The molecule has 4 nitrogen and oxygen atoms in total. The molecule has 0 aliphatic carbocycles. The summed E-state index contributed by atoms with van der Waals surface area (Å²) in [7, 11) is 0. The van der Waals surface area contributed by atoms with E-state index in [1.165, 1.54) is 0 Å². The SMILES string of the molecule is CCOc1c(C(C)(C)C)cc(CC(=O)OCCCCO)cc1C(C)(C)C. The fraction of sp³-hybridized carbons (Fsp3) is 0.682. The average molecular weight is 365 g/mol. The van der Waals surface area contributed by atoms with Gasteiger partial charge >= 0.3 is 5.97 Å². The van der Waals surface area contributed by atoms with Crippen LogP contribution in [0.5, 0.6) is 5.75 Å². The molecule has 148 valence electrons. The molecule has 1 aromatic carbocycles. The van der Waals surface area contributed by atoms with Crippen LogP contribution in [0.15, 0.2) is 12.1 Å². The van der Waals surface area contributed by atoms with Crippen LogP contribution in [0.1, 0.15) is 78.0 Å². The van der Waals surface area contributed by atoms with Crippen molar-refractivity contribution in [2.24, 2.45) is 0 Å². The molecule has 0 atom stereocenters. The number of unbranched alkanes of at least 4 members (excludes halogenated alkanes) is 1. The summed E-state index contributed by atoms with van der Waals surface area (Å²) in [5.41, 5.74) is 3.01. The van der Waals surface area contributed by atoms with Crippen LogP contribution in [0.2, 0.25) is 0 Å². The lowest BCUT2D eigenvalue weighted by atomic mass is 9.78. The Kier molecular flexibility index (Phi) is 8.14. The summed E-state index contributed by atoms with van der Waals surface area (Å²) in [5.74, 6) is 0.708. The lowest BCUT2D eigenvalue weighted by Crippen LogP contribution is -2.21. The Bertz CT molecular complexity index is 556. The van der Waals surface area contributed by atoms with Gasteiger partial charge in [-0.05, 0) is 36.2 Å². The summed E-state index contributed by atoms with van der Waals surface area (Å²) in [5, 5.41) is 8.80. The van der Waals surface area contributed by atoms with Gasteiger partial charge < -0.3 is 14.6 Å². The molecule has 4 heteroatoms. The van der Waals surface area contributed by atoms with Crippen molar-refractivity contribution in [1.29, 1.82) is 0 Å². The molecule has 0 aliphatic rings. The highest BCUT2D eigenvalue weighted by molar-refractivity contribution is 5.73. The molecular formula is C22H36O4. The fourth-order valence-electron chi connectivity index (χ4n) is 2.82. The minimum absolute atomic E-state index is 0.0917. The van der Waals surface area contributed by atoms with Crippen LogP contribution in [0, 0.1) is 0 Å². The molecule has 0 aromatic heterocycles. The summed E-state index contributed by atoms with van der Waals surface area (Å²) in [6, 6.07) is 4.16. The van der Waals surface area contributed by atoms with Gasteiger partial charge in [0.15, 0.2) is 0 Å². The maximum Gasteiger partial charge on any atom is 0.310 e. The third-order valence-corrected chi connectivity index (χ3v) is 4.22. The number of rotatable bonds is 8. The topological polar surface area (TPSA) is 55.8 Å². The maximum atomic E-state index is 12.2. The van der Waals surface area contributed by atoms with E-state index in [2.05, 4.69) is 53.7 Å². The summed E-state index contributed by atoms with van der Waals surface area (Å²) < 4.78 is 11.3. The standard InChI is InChI=1S/C22H36O4/c1-8-25-20-17(21(2,3)4)13-16(14-18(20)22(5,6)7)15-19(24)26-12-10-9-11-23/h13-14,23H,8-12,15H2,1-7H3. The normalized spacial score (nSPS) is 12.2. The molecule has 0 amide bonds. The monoisotopic (exact) mass is 364 g/mol. The number of hydrogen-bond acceptors (Lipinski definition) is 4. The van der Waals surface area contributed by atoms with Crippen LogP contribution < -0.4 is 4.74 Å². The van der Waals surface area contributed by atoms with Crippen molar-refractivity contribution >= 4 is 5.97 Å². The predicted octanol–water partition coefficient (Wildman–Crippen LogP) is 4.54. The van der Waals surface area contributed by atoms with E-state index in [0.29, 0.717) is 26.1 Å². The summed E-state index contributed by atoms with van der Waals surface area (Å²) in [6.45, 7) is 16.1. The fourth-order valence-corrected chi connectivity index (χ4v) is 2.82. The lowest BCUT2D eigenvalue weighted by Gasteiger charge is -2.30. The molecule has 0 heterocycles. The Morgan fingerprint density at radius 2 is 1.54 bits per heavy atom. The first-order valence-electron chi connectivity index (χ1n) is 9.57. The Morgan fingerprint density at radius 3 is 1.96 bits per heavy atom. The minimum Gasteiger partial charge on any atom is -0.493 e. The highest BCUT2D eigenvalue weighted by Crippen LogP contribution is 2.40. The number of hydrogen-bond donors (Lipinski definition) is 1. The van der Waals surface area contributed by atoms with E-state index in [-0.39, 0.29) is 29.8 Å². The third-order valence-electron chi connectivity index (χ3n) is 4.22. The number of benzene rings is 1. The molecule has 1 N–H and O–H groups in total. The third kappa shape index (κ3) is 6.64. The molecule has 26 heavy (non-hydrogen) atoms. The maximum absolute atomic E-state index is 12.2. The first-order valence-corrected chi connectivity index (χ1v) is 9.57. The number of aliphatic hydroxyl groups excluding tert-OH is 1. The van der Waals surface area contributed by atoms with Crippen LogP contribution >= 0.6 is 0 Å². The van der Waals surface area contributed by atoms with E-state index < -0.39 is 0 Å². The van der Waals surface area contributed by atoms with Crippen molar-refractivity contribution in [3.05, 3.63) is 28.8 Å². The lowest BCUT2D eigenvalue weighted by molar-refractivity contribution is -0.143. The molecule has 0 bridgehead atoms. The molecule has 0 radical (unpaired) electrons. The van der Waals surface area contributed by atoms with Gasteiger partial charge in [-0.2, -0.15) is 0 Å². The Morgan fingerprint density at radius 1 is 1.00 bits per heavy atom. The van der Waals surface area contributed by atoms with Crippen molar-refractivity contribution in [2.45, 2.75) is 78.6 Å². The van der Waals surface area contributed by atoms with E-state index in [4.69, 9.17) is 14.6 Å². The zero-order valence-corrected chi connectivity index (χ0v) is 17.6. The molecular weight excluding hydrogens is 328 g/mol. The Balaban J connectivity index is 3.19. The van der Waals surface area contributed by atoms with E-state index in [0.717, 1.165) is 22.4 Å². The van der Waals surface area contributed by atoms with E-state index in [1.54, 1.807) is 0 Å². The largest absolute Gasteiger partial charge is 0.493 e. The van der Waals surface area contributed by atoms with E-state index in [1.807, 2.05) is 6.92 Å². The molecule has 0 saturated carbocycles. The number of ether oxygens (including phenoxy) is 2. The Hall–Kier alpha value is -1.55. The van der Waals surface area contributed by atoms with Crippen molar-refractivity contribution in [1.82, 2.24) is 0 Å². The van der Waals surface area contributed by atoms with Crippen molar-refractivity contribution in [2.75, 3.05) is 19.8 Å². The predicted molar refractivity (Wildman–Crippen MR) is 106 cm³/mol. The van der Waals surface area contributed by atoms with Crippen LogP contribution in [0.3, 0.4) is 0 Å². The van der Waals surface area contributed by atoms with Gasteiger partial charge in [0.25, 0.3) is 0 Å². The summed E-state index contributed by atoms with van der Waals surface area (Å²) in [4.78, 5) is 12.2. The molecule has 1 aromatic rings. The van der Waals surface area contributed by atoms with Crippen molar-refractivity contribution in [3.8, 4) is 5.75 Å². The van der Waals surface area contributed by atoms with Crippen LogP contribution in [-0.2, 0) is 26.8 Å². The second-order valence-electron chi connectivity index (χ2n) is 8.78. The summed E-state index contributed by atoms with van der Waals surface area (Å²) >= 11 is 0. The number of carbonyl (C=O) groups excluding carboxylic acids is 1. The van der Waals surface area contributed by atoms with E-state index in [9.17, 15) is 4.79 Å². The quantitative estimate of drug-likeness (QED) is 0.543. The minimum atomic E-state index is -0.230. The highest BCUT2D eigenvalue weighted by atomic mass is 16.5. The first kappa shape index (κ1) is 22.5. The first-order chi connectivity index (χ1) is 12.0. The molecule has 0 fully saturated rings. The zero-order chi connectivity index (χ0) is 20.0. The Labute approximate surface area is 158 Å². The van der Waals surface area contributed by atoms with Gasteiger partial charge in [0.1, 0.15) is 5.75 Å². The van der Waals surface area contributed by atoms with Crippen LogP contribution in [0.25, 0.3) is 0 Å². The molecule has 0 saturated heterocycles. The number of carbonyl (C=O) groups is 1. The number of esters is 1. The summed E-state index contributed by atoms with van der Waals surface area (Å²) in [6.07, 6.45) is 1.59. The van der Waals surface area contributed by atoms with Gasteiger partial charge in [-0.3, -0.25) is 4.79 Å². The zero-order valence-electron chi connectivity index (χ0n) is 17.6. The average Bonchev–Trinajstić information content (AvgIpc) is 2.51. The van der Waals surface area contributed by atoms with Gasteiger partial charge in [0.2, 0.25) is 0 Å². The molecule has 1 rings (SSSR count). The highest BCUT2D eigenvalue weighted by Gasteiger charge is 2.28. The van der Waals surface area contributed by atoms with E-state index >= 15 is 0 Å². The van der Waals surface area contributed by atoms with Gasteiger partial charge in [-0.25, -0.2) is 0 Å². The van der Waals surface area contributed by atoms with Crippen LogP contribution in [0.4, 0.5) is 0 Å². The molecule has 0 unspecified atom stereocenters. The van der Waals surface area contributed by atoms with Gasteiger partial charge in [0, 0.05) is 17.7 Å².